The molecule has 0 saturated heterocycles. The van der Waals surface area contributed by atoms with Crippen molar-refractivity contribution in [3.05, 3.63) is 70.3 Å². The van der Waals surface area contributed by atoms with E-state index in [-0.39, 0.29) is 11.6 Å². The van der Waals surface area contributed by atoms with Crippen molar-refractivity contribution in [2.24, 2.45) is 0 Å². The van der Waals surface area contributed by atoms with Crippen LogP contribution in [0, 0.1) is 0 Å². The number of hydrogen-bond donors (Lipinski definition) is 1. The van der Waals surface area contributed by atoms with Crippen LogP contribution in [0.4, 0.5) is 0 Å². The Morgan fingerprint density at radius 1 is 1.13 bits per heavy atom. The fourth-order valence-electron chi connectivity index (χ4n) is 1.91. The highest BCUT2D eigenvalue weighted by Crippen LogP contribution is 2.28. The highest BCUT2D eigenvalue weighted by atomic mass is 35.5. The van der Waals surface area contributed by atoms with E-state index in [1.54, 1.807) is 30.6 Å². The van der Waals surface area contributed by atoms with Crippen molar-refractivity contribution in [1.29, 1.82) is 0 Å². The molecule has 1 N–H and O–H groups in total. The van der Waals surface area contributed by atoms with Crippen molar-refractivity contribution in [2.45, 2.75) is 6.54 Å². The number of halogens is 2. The molecule has 116 valence electrons. The molecule has 0 saturated carbocycles. The van der Waals surface area contributed by atoms with Crippen LogP contribution in [-0.4, -0.2) is 15.9 Å². The first kappa shape index (κ1) is 15.5. The van der Waals surface area contributed by atoms with Gasteiger partial charge in [0.05, 0.1) is 10.0 Å². The quantitative estimate of drug-likeness (QED) is 0.775. The van der Waals surface area contributed by atoms with Crippen molar-refractivity contribution in [1.82, 2.24) is 15.3 Å². The molecule has 23 heavy (non-hydrogen) atoms. The monoisotopic (exact) mass is 347 g/mol. The van der Waals surface area contributed by atoms with Gasteiger partial charge in [0.15, 0.2) is 5.69 Å². The largest absolute Gasteiger partial charge is 0.444 e. The molecule has 1 aromatic carbocycles. The van der Waals surface area contributed by atoms with E-state index in [0.717, 1.165) is 5.56 Å². The molecular weight excluding hydrogens is 337 g/mol. The molecule has 0 radical (unpaired) electrons. The Kier molecular flexibility index (Phi) is 4.60. The number of benzene rings is 1. The van der Waals surface area contributed by atoms with Crippen molar-refractivity contribution < 1.29 is 9.21 Å². The minimum Gasteiger partial charge on any atom is -0.444 e. The third kappa shape index (κ3) is 3.70. The SMILES string of the molecule is O=C(NCc1ccncc1)c1coc(-c2ccc(Cl)c(Cl)c2)n1. The van der Waals surface area contributed by atoms with Gasteiger partial charge in [-0.05, 0) is 35.9 Å². The van der Waals surface area contributed by atoms with Gasteiger partial charge in [0.25, 0.3) is 5.91 Å². The van der Waals surface area contributed by atoms with E-state index < -0.39 is 0 Å². The smallest absolute Gasteiger partial charge is 0.273 e. The predicted molar refractivity (Wildman–Crippen MR) is 87.4 cm³/mol. The van der Waals surface area contributed by atoms with Crippen molar-refractivity contribution in [3.8, 4) is 11.5 Å². The van der Waals surface area contributed by atoms with E-state index in [1.165, 1.54) is 6.26 Å². The van der Waals surface area contributed by atoms with Gasteiger partial charge >= 0.3 is 0 Å². The van der Waals surface area contributed by atoms with Gasteiger partial charge in [-0.3, -0.25) is 9.78 Å². The van der Waals surface area contributed by atoms with Gasteiger partial charge in [0, 0.05) is 24.5 Å². The van der Waals surface area contributed by atoms with Gasteiger partial charge in [-0.25, -0.2) is 4.98 Å². The average Bonchev–Trinajstić information content (AvgIpc) is 3.06. The number of oxazole rings is 1. The Morgan fingerprint density at radius 3 is 2.65 bits per heavy atom. The molecule has 0 atom stereocenters. The first-order valence-electron chi connectivity index (χ1n) is 6.71. The molecule has 5 nitrogen and oxygen atoms in total. The zero-order valence-corrected chi connectivity index (χ0v) is 13.3. The summed E-state index contributed by atoms with van der Waals surface area (Å²) in [5.74, 6) is -0.0190. The van der Waals surface area contributed by atoms with E-state index in [9.17, 15) is 4.79 Å². The second-order valence-corrected chi connectivity index (χ2v) is 5.52. The maximum Gasteiger partial charge on any atom is 0.273 e. The summed E-state index contributed by atoms with van der Waals surface area (Å²) in [6, 6.07) is 8.65. The minimum absolute atomic E-state index is 0.195. The van der Waals surface area contributed by atoms with E-state index in [1.807, 2.05) is 12.1 Å². The van der Waals surface area contributed by atoms with Crippen LogP contribution in [0.3, 0.4) is 0 Å². The summed E-state index contributed by atoms with van der Waals surface area (Å²) < 4.78 is 5.34. The van der Waals surface area contributed by atoms with Crippen molar-refractivity contribution in [2.75, 3.05) is 0 Å². The van der Waals surface area contributed by atoms with E-state index in [0.29, 0.717) is 28.0 Å². The number of carbonyl (C=O) groups is 1. The lowest BCUT2D eigenvalue weighted by Gasteiger charge is -2.02. The highest BCUT2D eigenvalue weighted by Gasteiger charge is 2.14. The number of aromatic nitrogens is 2. The van der Waals surface area contributed by atoms with Gasteiger partial charge in [-0.2, -0.15) is 0 Å². The molecule has 2 aromatic heterocycles. The number of nitrogens with one attached hydrogen (secondary N) is 1. The number of hydrogen-bond acceptors (Lipinski definition) is 4. The second kappa shape index (κ2) is 6.81. The Morgan fingerprint density at radius 2 is 1.91 bits per heavy atom. The van der Waals surface area contributed by atoms with Gasteiger partial charge in [0.1, 0.15) is 6.26 Å². The van der Waals surface area contributed by atoms with Crippen LogP contribution in [0.15, 0.2) is 53.4 Å². The van der Waals surface area contributed by atoms with E-state index in [2.05, 4.69) is 15.3 Å². The fourth-order valence-corrected chi connectivity index (χ4v) is 2.21. The third-order valence-corrected chi connectivity index (χ3v) is 3.84. The number of amides is 1. The van der Waals surface area contributed by atoms with E-state index >= 15 is 0 Å². The fraction of sp³-hybridized carbons (Fsp3) is 0.0625. The summed E-state index contributed by atoms with van der Waals surface area (Å²) in [6.07, 6.45) is 4.64. The highest BCUT2D eigenvalue weighted by molar-refractivity contribution is 6.42. The minimum atomic E-state index is -0.322. The number of pyridine rings is 1. The molecule has 0 fully saturated rings. The lowest BCUT2D eigenvalue weighted by Crippen LogP contribution is -2.23. The number of nitrogens with zero attached hydrogens (tertiary/aromatic N) is 2. The Labute approximate surface area is 142 Å². The second-order valence-electron chi connectivity index (χ2n) is 4.70. The summed E-state index contributed by atoms with van der Waals surface area (Å²) in [4.78, 5) is 20.2. The molecule has 0 unspecified atom stereocenters. The van der Waals surface area contributed by atoms with E-state index in [4.69, 9.17) is 27.6 Å². The third-order valence-electron chi connectivity index (χ3n) is 3.11. The molecular formula is C16H11Cl2N3O2. The van der Waals surface area contributed by atoms with Gasteiger partial charge in [-0.1, -0.05) is 23.2 Å². The van der Waals surface area contributed by atoms with Crippen LogP contribution in [0.25, 0.3) is 11.5 Å². The lowest BCUT2D eigenvalue weighted by atomic mass is 10.2. The van der Waals surface area contributed by atoms with Crippen LogP contribution in [0.2, 0.25) is 10.0 Å². The van der Waals surface area contributed by atoms with Gasteiger partial charge in [-0.15, -0.1) is 0 Å². The number of rotatable bonds is 4. The van der Waals surface area contributed by atoms with Crippen LogP contribution >= 0.6 is 23.2 Å². The molecule has 0 bridgehead atoms. The molecule has 3 rings (SSSR count). The Bertz CT molecular complexity index is 834. The molecule has 1 amide bonds. The van der Waals surface area contributed by atoms with Crippen LogP contribution in [0.5, 0.6) is 0 Å². The van der Waals surface area contributed by atoms with Crippen molar-refractivity contribution in [3.63, 3.8) is 0 Å². The zero-order valence-electron chi connectivity index (χ0n) is 11.8. The Balaban J connectivity index is 1.71. The van der Waals surface area contributed by atoms with Crippen LogP contribution in [-0.2, 0) is 6.54 Å². The van der Waals surface area contributed by atoms with Gasteiger partial charge in [0.2, 0.25) is 5.89 Å². The topological polar surface area (TPSA) is 68.0 Å². The molecule has 2 heterocycles. The molecule has 0 aliphatic carbocycles. The Hall–Kier alpha value is -2.37. The summed E-state index contributed by atoms with van der Waals surface area (Å²) in [5.41, 5.74) is 1.79. The predicted octanol–water partition coefficient (Wildman–Crippen LogP) is 3.97. The standard InChI is InChI=1S/C16H11Cl2N3O2/c17-12-2-1-11(7-13(12)18)16-21-14(9-23-16)15(22)20-8-10-3-5-19-6-4-10/h1-7,9H,8H2,(H,20,22). The first-order valence-corrected chi connectivity index (χ1v) is 7.47. The summed E-state index contributed by atoms with van der Waals surface area (Å²) in [7, 11) is 0. The summed E-state index contributed by atoms with van der Waals surface area (Å²) in [5, 5.41) is 3.60. The maximum atomic E-state index is 12.1. The van der Waals surface area contributed by atoms with Crippen molar-refractivity contribution >= 4 is 29.1 Å². The molecule has 0 spiro atoms. The zero-order chi connectivity index (χ0) is 16.2. The lowest BCUT2D eigenvalue weighted by molar-refractivity contribution is 0.0946. The average molecular weight is 348 g/mol. The van der Waals surface area contributed by atoms with Crippen LogP contribution < -0.4 is 5.32 Å². The molecule has 0 aliphatic rings. The summed E-state index contributed by atoms with van der Waals surface area (Å²) in [6.45, 7) is 0.385. The normalized spacial score (nSPS) is 10.5. The number of carbonyl (C=O) groups excluding carboxylic acids is 1. The summed E-state index contributed by atoms with van der Waals surface area (Å²) >= 11 is 11.8. The van der Waals surface area contributed by atoms with Crippen LogP contribution in [0.1, 0.15) is 16.1 Å². The molecule has 0 aliphatic heterocycles. The maximum absolute atomic E-state index is 12.1. The molecule has 3 aromatic rings. The van der Waals surface area contributed by atoms with Gasteiger partial charge < -0.3 is 9.73 Å². The molecule has 7 heteroatoms. The first-order chi connectivity index (χ1) is 11.1.